The van der Waals surface area contributed by atoms with Crippen molar-refractivity contribution in [2.45, 2.75) is 20.3 Å². The fraction of sp³-hybridized carbons (Fsp3) is 0.455. The molecular formula is C11H14BrNO3. The SMILES string of the molecule is COc1cncc(Br)c1CC(C)(C)C(=O)O. The van der Waals surface area contributed by atoms with Crippen LogP contribution in [0.2, 0.25) is 0 Å². The van der Waals surface area contributed by atoms with Crippen molar-refractivity contribution in [2.24, 2.45) is 5.41 Å². The first kappa shape index (κ1) is 13.0. The second-order valence-electron chi connectivity index (χ2n) is 4.17. The molecule has 1 rings (SSSR count). The molecule has 1 N–H and O–H groups in total. The lowest BCUT2D eigenvalue weighted by molar-refractivity contribution is -0.146. The summed E-state index contributed by atoms with van der Waals surface area (Å²) >= 11 is 3.35. The maximum Gasteiger partial charge on any atom is 0.309 e. The van der Waals surface area contributed by atoms with E-state index in [2.05, 4.69) is 20.9 Å². The Morgan fingerprint density at radius 3 is 2.69 bits per heavy atom. The molecule has 0 atom stereocenters. The van der Waals surface area contributed by atoms with Gasteiger partial charge in [-0.15, -0.1) is 0 Å². The second kappa shape index (κ2) is 4.82. The van der Waals surface area contributed by atoms with Crippen molar-refractivity contribution < 1.29 is 14.6 Å². The van der Waals surface area contributed by atoms with Gasteiger partial charge in [0.05, 0.1) is 18.7 Å². The van der Waals surface area contributed by atoms with Crippen LogP contribution in [0.3, 0.4) is 0 Å². The smallest absolute Gasteiger partial charge is 0.309 e. The summed E-state index contributed by atoms with van der Waals surface area (Å²) in [5, 5.41) is 9.09. The Hall–Kier alpha value is -1.10. The molecule has 0 aliphatic carbocycles. The molecule has 88 valence electrons. The van der Waals surface area contributed by atoms with E-state index >= 15 is 0 Å². The molecule has 0 unspecified atom stereocenters. The minimum absolute atomic E-state index is 0.384. The van der Waals surface area contributed by atoms with Gasteiger partial charge in [0, 0.05) is 16.2 Å². The van der Waals surface area contributed by atoms with E-state index in [9.17, 15) is 4.79 Å². The van der Waals surface area contributed by atoms with E-state index in [0.29, 0.717) is 12.2 Å². The Balaban J connectivity index is 3.09. The van der Waals surface area contributed by atoms with Crippen LogP contribution in [0.4, 0.5) is 0 Å². The van der Waals surface area contributed by atoms with Crippen molar-refractivity contribution in [1.29, 1.82) is 0 Å². The van der Waals surface area contributed by atoms with Gasteiger partial charge in [0.15, 0.2) is 0 Å². The third kappa shape index (κ3) is 2.72. The van der Waals surface area contributed by atoms with Gasteiger partial charge in [-0.2, -0.15) is 0 Å². The summed E-state index contributed by atoms with van der Waals surface area (Å²) in [6, 6.07) is 0. The number of ether oxygens (including phenoxy) is 1. The van der Waals surface area contributed by atoms with Gasteiger partial charge in [0.25, 0.3) is 0 Å². The number of carboxylic acid groups (broad SMARTS) is 1. The fourth-order valence-electron chi connectivity index (χ4n) is 1.31. The molecule has 0 radical (unpaired) electrons. The van der Waals surface area contributed by atoms with Crippen molar-refractivity contribution in [3.05, 3.63) is 22.4 Å². The molecule has 0 saturated carbocycles. The van der Waals surface area contributed by atoms with Gasteiger partial charge in [0.2, 0.25) is 0 Å². The van der Waals surface area contributed by atoms with Crippen LogP contribution in [0, 0.1) is 5.41 Å². The van der Waals surface area contributed by atoms with Crippen molar-refractivity contribution in [2.75, 3.05) is 7.11 Å². The number of pyridine rings is 1. The maximum atomic E-state index is 11.1. The zero-order valence-electron chi connectivity index (χ0n) is 9.45. The second-order valence-corrected chi connectivity index (χ2v) is 5.02. The van der Waals surface area contributed by atoms with Crippen LogP contribution in [0.5, 0.6) is 5.75 Å². The van der Waals surface area contributed by atoms with E-state index in [1.807, 2.05) is 0 Å². The average molecular weight is 288 g/mol. The lowest BCUT2D eigenvalue weighted by Crippen LogP contribution is -2.26. The van der Waals surface area contributed by atoms with Crippen LogP contribution in [-0.2, 0) is 11.2 Å². The lowest BCUT2D eigenvalue weighted by atomic mass is 9.86. The van der Waals surface area contributed by atoms with E-state index < -0.39 is 11.4 Å². The summed E-state index contributed by atoms with van der Waals surface area (Å²) < 4.78 is 5.93. The van der Waals surface area contributed by atoms with Crippen LogP contribution in [0.1, 0.15) is 19.4 Å². The molecule has 0 aliphatic heterocycles. The Labute approximate surface area is 103 Å². The molecule has 0 bridgehead atoms. The monoisotopic (exact) mass is 287 g/mol. The number of methoxy groups -OCH3 is 1. The quantitative estimate of drug-likeness (QED) is 0.924. The Kier molecular flexibility index (Phi) is 3.91. The highest BCUT2D eigenvalue weighted by Gasteiger charge is 2.29. The Bertz CT molecular complexity index is 404. The molecule has 0 saturated heterocycles. The molecule has 0 aromatic carbocycles. The maximum absolute atomic E-state index is 11.1. The van der Waals surface area contributed by atoms with E-state index in [1.54, 1.807) is 33.4 Å². The lowest BCUT2D eigenvalue weighted by Gasteiger charge is -2.21. The zero-order valence-corrected chi connectivity index (χ0v) is 11.0. The minimum atomic E-state index is -0.836. The molecule has 0 fully saturated rings. The Morgan fingerprint density at radius 2 is 2.19 bits per heavy atom. The molecule has 1 aromatic rings. The zero-order chi connectivity index (χ0) is 12.3. The molecule has 5 heteroatoms. The molecule has 4 nitrogen and oxygen atoms in total. The summed E-state index contributed by atoms with van der Waals surface area (Å²) in [7, 11) is 1.54. The molecule has 0 amide bonds. The summed E-state index contributed by atoms with van der Waals surface area (Å²) in [6.07, 6.45) is 3.60. The summed E-state index contributed by atoms with van der Waals surface area (Å²) in [6.45, 7) is 3.36. The van der Waals surface area contributed by atoms with Crippen molar-refractivity contribution >= 4 is 21.9 Å². The summed E-state index contributed by atoms with van der Waals surface area (Å²) in [4.78, 5) is 15.0. The molecule has 16 heavy (non-hydrogen) atoms. The highest BCUT2D eigenvalue weighted by atomic mass is 79.9. The number of hydrogen-bond acceptors (Lipinski definition) is 3. The number of halogens is 1. The number of hydrogen-bond donors (Lipinski definition) is 1. The van der Waals surface area contributed by atoms with Crippen molar-refractivity contribution in [3.8, 4) is 5.75 Å². The van der Waals surface area contributed by atoms with Gasteiger partial charge in [-0.3, -0.25) is 9.78 Å². The fourth-order valence-corrected chi connectivity index (χ4v) is 1.76. The van der Waals surface area contributed by atoms with Gasteiger partial charge >= 0.3 is 5.97 Å². The molecule has 1 heterocycles. The first-order valence-electron chi connectivity index (χ1n) is 4.78. The molecular weight excluding hydrogens is 274 g/mol. The number of aliphatic carboxylic acids is 1. The third-order valence-corrected chi connectivity index (χ3v) is 3.07. The summed E-state index contributed by atoms with van der Waals surface area (Å²) in [5.74, 6) is -0.234. The van der Waals surface area contributed by atoms with E-state index in [1.165, 1.54) is 0 Å². The predicted octanol–water partition coefficient (Wildman–Crippen LogP) is 2.51. The predicted molar refractivity (Wildman–Crippen MR) is 63.6 cm³/mol. The molecule has 1 aromatic heterocycles. The molecule has 0 aliphatic rings. The average Bonchev–Trinajstić information content (AvgIpc) is 2.20. The van der Waals surface area contributed by atoms with Crippen LogP contribution >= 0.6 is 15.9 Å². The van der Waals surface area contributed by atoms with Crippen molar-refractivity contribution in [1.82, 2.24) is 4.98 Å². The number of carbonyl (C=O) groups is 1. The van der Waals surface area contributed by atoms with Crippen LogP contribution < -0.4 is 4.74 Å². The Morgan fingerprint density at radius 1 is 1.56 bits per heavy atom. The third-order valence-electron chi connectivity index (χ3n) is 2.38. The molecule has 0 spiro atoms. The van der Waals surface area contributed by atoms with E-state index in [0.717, 1.165) is 10.0 Å². The topological polar surface area (TPSA) is 59.4 Å². The number of aromatic nitrogens is 1. The van der Waals surface area contributed by atoms with Crippen LogP contribution in [0.25, 0.3) is 0 Å². The van der Waals surface area contributed by atoms with Gasteiger partial charge < -0.3 is 9.84 Å². The van der Waals surface area contributed by atoms with Gasteiger partial charge in [-0.05, 0) is 36.2 Å². The number of carboxylic acids is 1. The number of rotatable bonds is 4. The van der Waals surface area contributed by atoms with Gasteiger partial charge in [0.1, 0.15) is 5.75 Å². The van der Waals surface area contributed by atoms with Crippen LogP contribution in [0.15, 0.2) is 16.9 Å². The van der Waals surface area contributed by atoms with E-state index in [4.69, 9.17) is 9.84 Å². The van der Waals surface area contributed by atoms with E-state index in [-0.39, 0.29) is 0 Å². The standard InChI is InChI=1S/C11H14BrNO3/c1-11(2,10(14)15)4-7-8(12)5-13-6-9(7)16-3/h5-6H,4H2,1-3H3,(H,14,15). The van der Waals surface area contributed by atoms with Gasteiger partial charge in [-0.1, -0.05) is 0 Å². The van der Waals surface area contributed by atoms with Crippen LogP contribution in [-0.4, -0.2) is 23.2 Å². The minimum Gasteiger partial charge on any atom is -0.495 e. The normalized spacial score (nSPS) is 11.2. The first-order valence-corrected chi connectivity index (χ1v) is 5.57. The summed E-state index contributed by atoms with van der Waals surface area (Å²) in [5.41, 5.74) is -0.0122. The van der Waals surface area contributed by atoms with Gasteiger partial charge in [-0.25, -0.2) is 0 Å². The number of nitrogens with zero attached hydrogens (tertiary/aromatic N) is 1. The largest absolute Gasteiger partial charge is 0.495 e. The van der Waals surface area contributed by atoms with Crippen molar-refractivity contribution in [3.63, 3.8) is 0 Å². The highest BCUT2D eigenvalue weighted by molar-refractivity contribution is 9.10. The first-order chi connectivity index (χ1) is 7.38. The highest BCUT2D eigenvalue weighted by Crippen LogP contribution is 2.32.